The van der Waals surface area contributed by atoms with Gasteiger partial charge < -0.3 is 0 Å². The first-order valence-corrected chi connectivity index (χ1v) is 5.84. The van der Waals surface area contributed by atoms with E-state index in [0.717, 1.165) is 6.42 Å². The van der Waals surface area contributed by atoms with Gasteiger partial charge in [0.25, 0.3) is 10.0 Å². The van der Waals surface area contributed by atoms with E-state index in [-0.39, 0.29) is 5.82 Å². The average Bonchev–Trinajstić information content (AvgIpc) is 2.52. The Bertz CT molecular complexity index is 416. The van der Waals surface area contributed by atoms with Gasteiger partial charge in [0.15, 0.2) is 5.82 Å². The number of aromatic amines is 1. The first-order chi connectivity index (χ1) is 6.95. The molecule has 0 aliphatic heterocycles. The van der Waals surface area contributed by atoms with Gasteiger partial charge in [-0.15, -0.1) is 0 Å². The number of rotatable bonds is 5. The molecule has 8 heteroatoms. The number of alkyl halides is 2. The van der Waals surface area contributed by atoms with Crippen molar-refractivity contribution in [1.29, 1.82) is 0 Å². The van der Waals surface area contributed by atoms with Crippen molar-refractivity contribution >= 4 is 15.8 Å². The zero-order valence-corrected chi connectivity index (χ0v) is 8.81. The molecule has 0 unspecified atom stereocenters. The van der Waals surface area contributed by atoms with Crippen molar-refractivity contribution in [3.8, 4) is 0 Å². The van der Waals surface area contributed by atoms with E-state index >= 15 is 0 Å². The largest absolute Gasteiger partial charge is 0.355 e. The van der Waals surface area contributed by atoms with Crippen LogP contribution in [0.25, 0.3) is 0 Å². The fourth-order valence-corrected chi connectivity index (χ4v) is 1.49. The van der Waals surface area contributed by atoms with Crippen molar-refractivity contribution in [3.05, 3.63) is 11.8 Å². The molecule has 0 saturated heterocycles. The Hall–Kier alpha value is -1.18. The molecule has 2 N–H and O–H groups in total. The molecule has 0 saturated carbocycles. The molecule has 0 aromatic carbocycles. The van der Waals surface area contributed by atoms with Crippen molar-refractivity contribution in [1.82, 2.24) is 10.2 Å². The van der Waals surface area contributed by atoms with Gasteiger partial charge in [-0.05, 0) is 6.42 Å². The summed E-state index contributed by atoms with van der Waals surface area (Å²) in [5.41, 5.74) is 0.699. The second-order valence-electron chi connectivity index (χ2n) is 2.94. The highest BCUT2D eigenvalue weighted by atomic mass is 32.2. The Labute approximate surface area is 85.9 Å². The number of aryl methyl sites for hydroxylation is 1. The predicted molar refractivity (Wildman–Crippen MR) is 51.1 cm³/mol. The Morgan fingerprint density at radius 3 is 2.80 bits per heavy atom. The van der Waals surface area contributed by atoms with Gasteiger partial charge in [0.05, 0.1) is 0 Å². The molecule has 0 aliphatic carbocycles. The molecule has 1 aromatic heterocycles. The number of nitrogens with one attached hydrogen (secondary N) is 2. The summed E-state index contributed by atoms with van der Waals surface area (Å²) in [6.07, 6.45) is 1.53. The van der Waals surface area contributed by atoms with Crippen LogP contribution >= 0.6 is 0 Å². The van der Waals surface area contributed by atoms with Crippen LogP contribution in [0, 0.1) is 0 Å². The number of sulfonamides is 1. The summed E-state index contributed by atoms with van der Waals surface area (Å²) in [6.45, 7) is 1.93. The number of anilines is 1. The molecule has 1 heterocycles. The van der Waals surface area contributed by atoms with Crippen LogP contribution in [0.5, 0.6) is 0 Å². The topological polar surface area (TPSA) is 74.8 Å². The summed E-state index contributed by atoms with van der Waals surface area (Å²) in [6, 6.07) is 1.39. The van der Waals surface area contributed by atoms with E-state index in [2.05, 4.69) is 10.2 Å². The van der Waals surface area contributed by atoms with E-state index in [1.807, 2.05) is 6.92 Å². The number of aromatic nitrogens is 2. The third kappa shape index (κ3) is 3.15. The predicted octanol–water partition coefficient (Wildman–Crippen LogP) is 1.33. The molecule has 0 spiro atoms. The summed E-state index contributed by atoms with van der Waals surface area (Å²) >= 11 is 0. The van der Waals surface area contributed by atoms with Gasteiger partial charge in [0, 0.05) is 11.8 Å². The van der Waals surface area contributed by atoms with Crippen molar-refractivity contribution < 1.29 is 17.2 Å². The molecule has 15 heavy (non-hydrogen) atoms. The summed E-state index contributed by atoms with van der Waals surface area (Å²) in [7, 11) is -4.62. The zero-order valence-electron chi connectivity index (χ0n) is 8.00. The third-order valence-electron chi connectivity index (χ3n) is 1.63. The van der Waals surface area contributed by atoms with E-state index in [4.69, 9.17) is 0 Å². The minimum atomic E-state index is -4.62. The molecule has 0 fully saturated rings. The molecule has 5 nitrogen and oxygen atoms in total. The monoisotopic (exact) mass is 239 g/mol. The maximum Gasteiger partial charge on any atom is 0.355 e. The fraction of sp³-hybridized carbons (Fsp3) is 0.571. The van der Waals surface area contributed by atoms with E-state index < -0.39 is 15.8 Å². The summed E-state index contributed by atoms with van der Waals surface area (Å²) in [5.74, 6) is -3.57. The normalized spacial score (nSPS) is 12.0. The van der Waals surface area contributed by atoms with Gasteiger partial charge >= 0.3 is 5.76 Å². The van der Waals surface area contributed by atoms with E-state index in [9.17, 15) is 17.2 Å². The van der Waals surface area contributed by atoms with Gasteiger partial charge in [0.2, 0.25) is 0 Å². The van der Waals surface area contributed by atoms with Crippen LogP contribution in [0.4, 0.5) is 14.6 Å². The van der Waals surface area contributed by atoms with Gasteiger partial charge in [-0.3, -0.25) is 9.82 Å². The quantitative estimate of drug-likeness (QED) is 0.813. The van der Waals surface area contributed by atoms with Crippen LogP contribution in [0.3, 0.4) is 0 Å². The fourth-order valence-electron chi connectivity index (χ4n) is 1.00. The summed E-state index contributed by atoms with van der Waals surface area (Å²) in [5, 5.41) is 6.10. The third-order valence-corrected chi connectivity index (χ3v) is 2.59. The second-order valence-corrected chi connectivity index (χ2v) is 4.59. The molecule has 0 bridgehead atoms. The van der Waals surface area contributed by atoms with Gasteiger partial charge in [0.1, 0.15) is 0 Å². The number of halogens is 2. The van der Waals surface area contributed by atoms with Crippen molar-refractivity contribution in [2.24, 2.45) is 0 Å². The molecule has 1 aromatic rings. The highest BCUT2D eigenvalue weighted by molar-refractivity contribution is 7.92. The number of hydrogen-bond donors (Lipinski definition) is 2. The lowest BCUT2D eigenvalue weighted by Gasteiger charge is -2.01. The van der Waals surface area contributed by atoms with Crippen molar-refractivity contribution in [2.45, 2.75) is 25.5 Å². The van der Waals surface area contributed by atoms with Crippen LogP contribution in [0.2, 0.25) is 0 Å². The SMILES string of the molecule is CCCc1cc(NS(=O)(=O)C(F)F)n[nH]1. The minimum Gasteiger partial charge on any atom is -0.280 e. The lowest BCUT2D eigenvalue weighted by atomic mass is 10.2. The van der Waals surface area contributed by atoms with Crippen LogP contribution in [-0.2, 0) is 16.4 Å². The molecular formula is C7H11F2N3O2S. The smallest absolute Gasteiger partial charge is 0.280 e. The maximum atomic E-state index is 12.0. The lowest BCUT2D eigenvalue weighted by molar-refractivity contribution is 0.236. The maximum absolute atomic E-state index is 12.0. The first kappa shape index (κ1) is 11.9. The molecule has 0 radical (unpaired) electrons. The van der Waals surface area contributed by atoms with Crippen LogP contribution in [-0.4, -0.2) is 24.4 Å². The lowest BCUT2D eigenvalue weighted by Crippen LogP contribution is -2.20. The first-order valence-electron chi connectivity index (χ1n) is 4.29. The van der Waals surface area contributed by atoms with Crippen LogP contribution in [0.15, 0.2) is 6.07 Å². The molecule has 0 aliphatic rings. The Morgan fingerprint density at radius 2 is 2.27 bits per heavy atom. The van der Waals surface area contributed by atoms with E-state index in [1.54, 1.807) is 4.72 Å². The Balaban J connectivity index is 2.73. The van der Waals surface area contributed by atoms with E-state index in [1.165, 1.54) is 6.07 Å². The molecule has 1 rings (SSSR count). The highest BCUT2D eigenvalue weighted by Gasteiger charge is 2.24. The molecular weight excluding hydrogens is 228 g/mol. The summed E-state index contributed by atoms with van der Waals surface area (Å²) < 4.78 is 47.1. The number of nitrogens with zero attached hydrogens (tertiary/aromatic N) is 1. The van der Waals surface area contributed by atoms with Gasteiger partial charge in [-0.2, -0.15) is 13.9 Å². The Kier molecular flexibility index (Phi) is 3.61. The van der Waals surface area contributed by atoms with Gasteiger partial charge in [-0.25, -0.2) is 8.42 Å². The van der Waals surface area contributed by atoms with Crippen LogP contribution in [0.1, 0.15) is 19.0 Å². The standard InChI is InChI=1S/C7H11F2N3O2S/c1-2-3-5-4-6(11-10-5)12-15(13,14)7(8)9/h4,7H,2-3H2,1H3,(H2,10,11,12). The average molecular weight is 239 g/mol. The second kappa shape index (κ2) is 4.56. The minimum absolute atomic E-state index is 0.112. The van der Waals surface area contributed by atoms with Crippen molar-refractivity contribution in [2.75, 3.05) is 4.72 Å². The zero-order chi connectivity index (χ0) is 11.5. The summed E-state index contributed by atoms with van der Waals surface area (Å²) in [4.78, 5) is 0. The molecule has 0 amide bonds. The molecule has 86 valence electrons. The highest BCUT2D eigenvalue weighted by Crippen LogP contribution is 2.12. The number of hydrogen-bond acceptors (Lipinski definition) is 3. The van der Waals surface area contributed by atoms with E-state index in [0.29, 0.717) is 12.1 Å². The van der Waals surface area contributed by atoms with Crippen molar-refractivity contribution in [3.63, 3.8) is 0 Å². The Morgan fingerprint density at radius 1 is 1.60 bits per heavy atom. The molecule has 0 atom stereocenters. The van der Waals surface area contributed by atoms with Gasteiger partial charge in [-0.1, -0.05) is 13.3 Å². The number of H-pyrrole nitrogens is 1. The van der Waals surface area contributed by atoms with Crippen LogP contribution < -0.4 is 4.72 Å².